The topological polar surface area (TPSA) is 144 Å². The van der Waals surface area contributed by atoms with Crippen molar-refractivity contribution in [1.29, 1.82) is 0 Å². The van der Waals surface area contributed by atoms with Crippen LogP contribution in [0.2, 0.25) is 0 Å². The maximum atomic E-state index is 12.3. The molecule has 0 atom stereocenters. The van der Waals surface area contributed by atoms with Crippen molar-refractivity contribution >= 4 is 57.4 Å². The Morgan fingerprint density at radius 1 is 0.811 bits per heavy atom. The summed E-state index contributed by atoms with van der Waals surface area (Å²) in [6, 6.07) is 12.8. The fourth-order valence-electron chi connectivity index (χ4n) is 4.19. The van der Waals surface area contributed by atoms with Crippen LogP contribution in [0.15, 0.2) is 48.7 Å². The SMILES string of the molecule is CC1(C)Oc2ccc(Nc3nc(Nc4ccc5c(c4)NC(=O)C(C)(C)O5)c4cc[nH]c4[nH+]3)cc2NC1=O. The first-order valence-electron chi connectivity index (χ1n) is 11.8. The zero-order chi connectivity index (χ0) is 25.9. The summed E-state index contributed by atoms with van der Waals surface area (Å²) in [6.45, 7) is 6.90. The molecule has 11 heteroatoms. The number of amides is 2. The van der Waals surface area contributed by atoms with Crippen LogP contribution in [0.3, 0.4) is 0 Å². The van der Waals surface area contributed by atoms with E-state index in [1.54, 1.807) is 45.9 Å². The average molecular weight is 501 g/mol. The van der Waals surface area contributed by atoms with Crippen LogP contribution in [-0.4, -0.2) is 33.0 Å². The Bertz CT molecular complexity index is 1590. The molecule has 6 rings (SSSR count). The number of nitrogens with zero attached hydrogens (tertiary/aromatic N) is 1. The van der Waals surface area contributed by atoms with Crippen molar-refractivity contribution in [2.45, 2.75) is 38.9 Å². The van der Waals surface area contributed by atoms with E-state index in [1.165, 1.54) is 0 Å². The molecule has 2 aliphatic rings. The van der Waals surface area contributed by atoms with Gasteiger partial charge in [0.1, 0.15) is 11.5 Å². The number of aromatic amines is 2. The number of H-pyrrole nitrogens is 2. The van der Waals surface area contributed by atoms with Crippen LogP contribution in [0.4, 0.5) is 34.5 Å². The molecule has 2 aromatic heterocycles. The van der Waals surface area contributed by atoms with Gasteiger partial charge in [0.25, 0.3) is 11.8 Å². The first-order valence-corrected chi connectivity index (χ1v) is 11.8. The number of nitrogens with one attached hydrogen (secondary N) is 6. The van der Waals surface area contributed by atoms with Crippen LogP contribution in [0, 0.1) is 0 Å². The van der Waals surface area contributed by atoms with Gasteiger partial charge in [-0.1, -0.05) is 4.98 Å². The molecule has 4 heterocycles. The van der Waals surface area contributed by atoms with Crippen LogP contribution in [-0.2, 0) is 9.59 Å². The van der Waals surface area contributed by atoms with E-state index in [9.17, 15) is 9.59 Å². The summed E-state index contributed by atoms with van der Waals surface area (Å²) in [5, 5.41) is 13.2. The van der Waals surface area contributed by atoms with Gasteiger partial charge in [0.05, 0.1) is 22.4 Å². The van der Waals surface area contributed by atoms with E-state index in [0.29, 0.717) is 40.3 Å². The number of hydrogen-bond acceptors (Lipinski definition) is 7. The standard InChI is InChI=1S/C26H25N7O4/c1-25(2)22(34)30-16-11-13(5-7-18(16)36-25)28-21-15-9-10-27-20(15)32-24(33-21)29-14-6-8-19-17(12-14)31-23(35)26(3,4)37-19/h5-12H,1-4H3,(H,30,34)(H,31,35)(H3,27,28,29,32,33)/p+1. The van der Waals surface area contributed by atoms with Gasteiger partial charge in [-0.05, 0) is 64.1 Å². The zero-order valence-electron chi connectivity index (χ0n) is 20.7. The Balaban J connectivity index is 1.29. The highest BCUT2D eigenvalue weighted by molar-refractivity contribution is 6.01. The number of ether oxygens (including phenoxy) is 2. The molecule has 188 valence electrons. The third-order valence-electron chi connectivity index (χ3n) is 6.27. The molecule has 4 aromatic rings. The molecule has 6 N–H and O–H groups in total. The molecule has 2 aromatic carbocycles. The van der Waals surface area contributed by atoms with Gasteiger partial charge >= 0.3 is 5.95 Å². The fraction of sp³-hybridized carbons (Fsp3) is 0.231. The van der Waals surface area contributed by atoms with Crippen LogP contribution in [0.5, 0.6) is 11.5 Å². The van der Waals surface area contributed by atoms with E-state index in [1.807, 2.05) is 30.5 Å². The van der Waals surface area contributed by atoms with Crippen molar-refractivity contribution in [3.8, 4) is 11.5 Å². The van der Waals surface area contributed by atoms with Crippen molar-refractivity contribution in [2.24, 2.45) is 0 Å². The second-order valence-corrected chi connectivity index (χ2v) is 10.0. The summed E-state index contributed by atoms with van der Waals surface area (Å²) in [5.74, 6) is 1.84. The van der Waals surface area contributed by atoms with Gasteiger partial charge in [-0.15, -0.1) is 0 Å². The van der Waals surface area contributed by atoms with Crippen molar-refractivity contribution in [3.05, 3.63) is 48.7 Å². The van der Waals surface area contributed by atoms with Crippen LogP contribution < -0.4 is 35.7 Å². The number of rotatable bonds is 4. The van der Waals surface area contributed by atoms with Crippen molar-refractivity contribution in [3.63, 3.8) is 0 Å². The van der Waals surface area contributed by atoms with E-state index in [4.69, 9.17) is 14.5 Å². The number of carbonyl (C=O) groups excluding carboxylic acids is 2. The molecule has 0 bridgehead atoms. The summed E-state index contributed by atoms with van der Waals surface area (Å²) in [4.78, 5) is 35.8. The Morgan fingerprint density at radius 2 is 1.38 bits per heavy atom. The lowest BCUT2D eigenvalue weighted by Gasteiger charge is -2.31. The number of hydrogen-bond donors (Lipinski definition) is 5. The molecular formula is C26H26N7O4+. The third-order valence-corrected chi connectivity index (χ3v) is 6.27. The molecule has 0 aliphatic carbocycles. The Kier molecular flexibility index (Phi) is 4.81. The summed E-state index contributed by atoms with van der Waals surface area (Å²) >= 11 is 0. The lowest BCUT2D eigenvalue weighted by Crippen LogP contribution is -2.45. The van der Waals surface area contributed by atoms with Crippen molar-refractivity contribution in [2.75, 3.05) is 21.3 Å². The number of benzene rings is 2. The molecule has 2 amide bonds. The summed E-state index contributed by atoms with van der Waals surface area (Å²) < 4.78 is 11.6. The Labute approximate surface area is 212 Å². The molecule has 0 spiro atoms. The van der Waals surface area contributed by atoms with Crippen molar-refractivity contribution < 1.29 is 24.0 Å². The van der Waals surface area contributed by atoms with Crippen LogP contribution >= 0.6 is 0 Å². The quantitative estimate of drug-likeness (QED) is 0.284. The minimum Gasteiger partial charge on any atom is -0.476 e. The van der Waals surface area contributed by atoms with Crippen LogP contribution in [0.1, 0.15) is 27.7 Å². The highest BCUT2D eigenvalue weighted by Gasteiger charge is 2.36. The largest absolute Gasteiger partial charge is 0.476 e. The summed E-state index contributed by atoms with van der Waals surface area (Å²) in [5.41, 5.74) is 1.49. The van der Waals surface area contributed by atoms with E-state index in [-0.39, 0.29) is 11.8 Å². The maximum absolute atomic E-state index is 12.3. The van der Waals surface area contributed by atoms with Gasteiger partial charge in [0, 0.05) is 18.0 Å². The Morgan fingerprint density at radius 3 is 1.97 bits per heavy atom. The lowest BCUT2D eigenvalue weighted by molar-refractivity contribution is -0.333. The van der Waals surface area contributed by atoms with Gasteiger partial charge in [-0.25, -0.2) is 4.98 Å². The molecule has 0 saturated carbocycles. The number of fused-ring (bicyclic) bond motifs is 3. The van der Waals surface area contributed by atoms with Gasteiger partial charge in [0.2, 0.25) is 11.5 Å². The van der Waals surface area contributed by atoms with Gasteiger partial charge in [0.15, 0.2) is 11.2 Å². The number of carbonyl (C=O) groups is 2. The predicted molar refractivity (Wildman–Crippen MR) is 139 cm³/mol. The summed E-state index contributed by atoms with van der Waals surface area (Å²) in [7, 11) is 0. The maximum Gasteiger partial charge on any atom is 0.351 e. The minimum atomic E-state index is -0.932. The van der Waals surface area contributed by atoms with E-state index < -0.39 is 11.2 Å². The van der Waals surface area contributed by atoms with Gasteiger partial charge in [-0.3, -0.25) is 19.9 Å². The monoisotopic (exact) mass is 500 g/mol. The van der Waals surface area contributed by atoms with Gasteiger partial charge in [-0.2, -0.15) is 0 Å². The third kappa shape index (κ3) is 4.03. The van der Waals surface area contributed by atoms with Gasteiger partial charge < -0.3 is 25.4 Å². The minimum absolute atomic E-state index is 0.209. The molecular weight excluding hydrogens is 474 g/mol. The van der Waals surface area contributed by atoms with Crippen LogP contribution in [0.25, 0.3) is 11.0 Å². The smallest absolute Gasteiger partial charge is 0.351 e. The summed E-state index contributed by atoms with van der Waals surface area (Å²) in [6.07, 6.45) is 1.81. The van der Waals surface area contributed by atoms with Crippen molar-refractivity contribution in [1.82, 2.24) is 9.97 Å². The number of anilines is 6. The zero-order valence-corrected chi connectivity index (χ0v) is 20.7. The first kappa shape index (κ1) is 22.7. The molecule has 0 unspecified atom stereocenters. The molecule has 37 heavy (non-hydrogen) atoms. The second-order valence-electron chi connectivity index (χ2n) is 10.0. The van der Waals surface area contributed by atoms with E-state index in [0.717, 1.165) is 16.7 Å². The molecule has 0 radical (unpaired) electrons. The average Bonchev–Trinajstić information content (AvgIpc) is 3.30. The molecule has 0 saturated heterocycles. The molecule has 2 aliphatic heterocycles. The molecule has 11 nitrogen and oxygen atoms in total. The number of aromatic nitrogens is 3. The van der Waals surface area contributed by atoms with E-state index in [2.05, 4.69) is 31.2 Å². The molecule has 0 fully saturated rings. The Hall–Kier alpha value is -4.80. The lowest BCUT2D eigenvalue weighted by atomic mass is 10.1. The van der Waals surface area contributed by atoms with E-state index >= 15 is 0 Å². The normalized spacial score (nSPS) is 17.0. The first-order chi connectivity index (χ1) is 17.6. The highest BCUT2D eigenvalue weighted by Crippen LogP contribution is 2.38. The predicted octanol–water partition coefficient (Wildman–Crippen LogP) is 4.08. The fourth-order valence-corrected chi connectivity index (χ4v) is 4.19. The second kappa shape index (κ2) is 7.85. The highest BCUT2D eigenvalue weighted by atomic mass is 16.5.